The number of aromatic nitrogens is 1. The van der Waals surface area contributed by atoms with E-state index in [1.54, 1.807) is 0 Å². The molecule has 2 aromatic rings. The van der Waals surface area contributed by atoms with Gasteiger partial charge in [-0.1, -0.05) is 11.6 Å². The van der Waals surface area contributed by atoms with Gasteiger partial charge in [-0.15, -0.1) is 0 Å². The van der Waals surface area contributed by atoms with Crippen LogP contribution in [0.15, 0.2) is 18.2 Å². The number of nitrogens with zero attached hydrogens (tertiary/aromatic N) is 3. The topological polar surface area (TPSA) is 94.0 Å². The van der Waals surface area contributed by atoms with Gasteiger partial charge in [-0.25, -0.2) is 13.8 Å². The Morgan fingerprint density at radius 3 is 2.44 bits per heavy atom. The fourth-order valence-corrected chi connectivity index (χ4v) is 4.40. The lowest BCUT2D eigenvalue weighted by Crippen LogP contribution is -2.50. The Labute approximate surface area is 202 Å². The van der Waals surface area contributed by atoms with E-state index in [4.69, 9.17) is 11.6 Å². The molecule has 1 fully saturated rings. The number of aliphatic hydroxyl groups excluding tert-OH is 2. The third-order valence-electron chi connectivity index (χ3n) is 6.05. The van der Waals surface area contributed by atoms with Gasteiger partial charge in [0.2, 0.25) is 0 Å². The summed E-state index contributed by atoms with van der Waals surface area (Å²) in [7, 11) is 0.917. The average molecular weight is 542 g/mol. The summed E-state index contributed by atoms with van der Waals surface area (Å²) in [6, 6.07) is -0.908. The zero-order valence-electron chi connectivity index (χ0n) is 18.0. The Morgan fingerprint density at radius 1 is 1.19 bits per heavy atom. The number of hydrogen-bond donors (Lipinski definition) is 2. The summed E-state index contributed by atoms with van der Waals surface area (Å²) in [6.07, 6.45) is -11.4. The summed E-state index contributed by atoms with van der Waals surface area (Å²) in [4.78, 5) is 30.0. The molecular weight excluding hydrogens is 527 g/mol. The quantitative estimate of drug-likeness (QED) is 0.460. The molecule has 2 heterocycles. The highest BCUT2D eigenvalue weighted by Crippen LogP contribution is 2.47. The molecular formula is C21H15ClF7N3O4. The van der Waals surface area contributed by atoms with Crippen molar-refractivity contribution >= 4 is 34.9 Å². The van der Waals surface area contributed by atoms with Crippen LogP contribution in [0.3, 0.4) is 0 Å². The number of anilines is 2. The fourth-order valence-electron chi connectivity index (χ4n) is 4.24. The second kappa shape index (κ2) is 8.56. The molecule has 1 aromatic heterocycles. The molecule has 0 radical (unpaired) electrons. The lowest BCUT2D eigenvalue weighted by Gasteiger charge is -2.29. The van der Waals surface area contributed by atoms with Crippen LogP contribution in [-0.4, -0.2) is 52.3 Å². The molecule has 15 heteroatoms. The number of carbonyl (C=O) groups excluding carboxylic acids is 2. The van der Waals surface area contributed by atoms with Crippen molar-refractivity contribution in [3.05, 3.63) is 51.7 Å². The van der Waals surface area contributed by atoms with Crippen molar-refractivity contribution in [3.8, 4) is 0 Å². The first-order chi connectivity index (χ1) is 16.6. The zero-order valence-corrected chi connectivity index (χ0v) is 18.7. The largest absolute Gasteiger partial charge is 0.416 e. The molecule has 194 valence electrons. The highest BCUT2D eigenvalue weighted by molar-refractivity contribution is 6.31. The summed E-state index contributed by atoms with van der Waals surface area (Å²) in [6.45, 7) is 0. The standard InChI is InChI=1S/C21H15ClF7N3O4/c1-31(12-5-9(22)10(23)6-11(12)24)18(35)14-15(33)16(34)19(36)32(14)13-4-8(21(27,28)29)7-2-3-20(25,26)17(7)30-13/h4-6,14-16,33-34H,2-3H2,1H3/t14-,15-,16-/m0/s1. The van der Waals surface area contributed by atoms with E-state index < -0.39 is 100.0 Å². The maximum atomic E-state index is 14.4. The van der Waals surface area contributed by atoms with Crippen LogP contribution in [0.4, 0.5) is 42.2 Å². The van der Waals surface area contributed by atoms with Crippen molar-refractivity contribution in [2.45, 2.75) is 43.2 Å². The van der Waals surface area contributed by atoms with Gasteiger partial charge in [0, 0.05) is 19.5 Å². The summed E-state index contributed by atoms with van der Waals surface area (Å²) in [5.41, 5.74) is -4.21. The number of aliphatic hydroxyl groups is 2. The highest BCUT2D eigenvalue weighted by atomic mass is 35.5. The molecule has 0 bridgehead atoms. The summed E-state index contributed by atoms with van der Waals surface area (Å²) < 4.78 is 97.6. The van der Waals surface area contributed by atoms with Crippen LogP contribution in [0.2, 0.25) is 5.02 Å². The van der Waals surface area contributed by atoms with Crippen molar-refractivity contribution in [2.75, 3.05) is 16.8 Å². The van der Waals surface area contributed by atoms with E-state index in [1.165, 1.54) is 0 Å². The first kappa shape index (κ1) is 26.1. The van der Waals surface area contributed by atoms with Gasteiger partial charge >= 0.3 is 6.18 Å². The number of benzene rings is 1. The summed E-state index contributed by atoms with van der Waals surface area (Å²) >= 11 is 5.61. The number of carbonyl (C=O) groups is 2. The second-order valence-corrected chi connectivity index (χ2v) is 8.67. The molecule has 1 aliphatic carbocycles. The van der Waals surface area contributed by atoms with E-state index in [0.29, 0.717) is 17.0 Å². The molecule has 7 nitrogen and oxygen atoms in total. The van der Waals surface area contributed by atoms with Crippen molar-refractivity contribution in [1.82, 2.24) is 4.98 Å². The van der Waals surface area contributed by atoms with Crippen LogP contribution in [0.1, 0.15) is 23.2 Å². The number of alkyl halides is 5. The number of pyridine rings is 1. The van der Waals surface area contributed by atoms with Crippen molar-refractivity contribution in [3.63, 3.8) is 0 Å². The van der Waals surface area contributed by atoms with E-state index >= 15 is 0 Å². The Morgan fingerprint density at radius 2 is 1.83 bits per heavy atom. The van der Waals surface area contributed by atoms with E-state index in [1.807, 2.05) is 0 Å². The van der Waals surface area contributed by atoms with Crippen molar-refractivity contribution < 1.29 is 50.5 Å². The minimum Gasteiger partial charge on any atom is -0.387 e. The monoisotopic (exact) mass is 541 g/mol. The van der Waals surface area contributed by atoms with Gasteiger partial charge in [0.05, 0.1) is 16.3 Å². The van der Waals surface area contributed by atoms with Gasteiger partial charge in [0.25, 0.3) is 17.7 Å². The smallest absolute Gasteiger partial charge is 0.387 e. The maximum absolute atomic E-state index is 14.4. The van der Waals surface area contributed by atoms with E-state index in [0.717, 1.165) is 7.05 Å². The van der Waals surface area contributed by atoms with Gasteiger partial charge in [0.15, 0.2) is 6.10 Å². The average Bonchev–Trinajstić information content (AvgIpc) is 3.21. The van der Waals surface area contributed by atoms with Crippen molar-refractivity contribution in [2.24, 2.45) is 0 Å². The lowest BCUT2D eigenvalue weighted by atomic mass is 10.1. The molecule has 0 unspecified atom stereocenters. The molecule has 3 atom stereocenters. The Hall–Kier alpha value is -2.97. The Balaban J connectivity index is 1.84. The Kier molecular flexibility index (Phi) is 6.21. The van der Waals surface area contributed by atoms with Crippen LogP contribution in [-0.2, 0) is 28.1 Å². The number of rotatable bonds is 3. The zero-order chi connectivity index (χ0) is 26.9. The first-order valence-electron chi connectivity index (χ1n) is 10.2. The van der Waals surface area contributed by atoms with Gasteiger partial charge in [-0.2, -0.15) is 22.0 Å². The van der Waals surface area contributed by atoms with E-state index in [9.17, 15) is 50.5 Å². The summed E-state index contributed by atoms with van der Waals surface area (Å²) in [5, 5.41) is 19.8. The molecule has 0 saturated carbocycles. The number of fused-ring (bicyclic) bond motifs is 1. The first-order valence-corrected chi connectivity index (χ1v) is 10.5. The van der Waals surface area contributed by atoms with Gasteiger partial charge in [-0.05, 0) is 24.1 Å². The molecule has 4 rings (SSSR count). The Bertz CT molecular complexity index is 1270. The maximum Gasteiger partial charge on any atom is 0.416 e. The molecule has 1 aromatic carbocycles. The fraction of sp³-hybridized carbons (Fsp3) is 0.381. The number of halogens is 8. The van der Waals surface area contributed by atoms with Crippen molar-refractivity contribution in [1.29, 1.82) is 0 Å². The van der Waals surface area contributed by atoms with Crippen LogP contribution in [0.25, 0.3) is 0 Å². The molecule has 0 spiro atoms. The van der Waals surface area contributed by atoms with Crippen LogP contribution >= 0.6 is 11.6 Å². The van der Waals surface area contributed by atoms with E-state index in [2.05, 4.69) is 4.98 Å². The molecule has 2 aliphatic rings. The molecule has 36 heavy (non-hydrogen) atoms. The predicted octanol–water partition coefficient (Wildman–Crippen LogP) is 3.17. The minimum atomic E-state index is -5.15. The normalized spacial score (nSPS) is 23.2. The number of likely N-dealkylation sites (N-methyl/N-ethyl adjacent to an activating group) is 1. The van der Waals surface area contributed by atoms with Crippen LogP contribution < -0.4 is 9.80 Å². The summed E-state index contributed by atoms with van der Waals surface area (Å²) in [5.74, 6) is -10.2. The molecule has 1 saturated heterocycles. The van der Waals surface area contributed by atoms with Crippen LogP contribution in [0, 0.1) is 11.6 Å². The second-order valence-electron chi connectivity index (χ2n) is 8.26. The van der Waals surface area contributed by atoms with E-state index in [-0.39, 0.29) is 11.0 Å². The third kappa shape index (κ3) is 4.06. The minimum absolute atomic E-state index is 0.154. The molecule has 2 N–H and O–H groups in total. The van der Waals surface area contributed by atoms with Gasteiger partial charge in [-0.3, -0.25) is 14.5 Å². The van der Waals surface area contributed by atoms with Crippen LogP contribution in [0.5, 0.6) is 0 Å². The van der Waals surface area contributed by atoms with Gasteiger partial charge < -0.3 is 15.1 Å². The highest BCUT2D eigenvalue weighted by Gasteiger charge is 2.54. The lowest BCUT2D eigenvalue weighted by molar-refractivity contribution is -0.138. The molecule has 1 aliphatic heterocycles. The molecule has 2 amide bonds. The SMILES string of the molecule is CN(C(=O)[C@@H]1[C@H](O)[C@H](O)C(=O)N1c1cc(C(F)(F)F)c2c(n1)C(F)(F)CC2)c1cc(Cl)c(F)cc1F. The third-order valence-corrected chi connectivity index (χ3v) is 6.34. The van der Waals surface area contributed by atoms with Gasteiger partial charge in [0.1, 0.15) is 35.3 Å². The number of hydrogen-bond acceptors (Lipinski definition) is 5. The number of amides is 2. The predicted molar refractivity (Wildman–Crippen MR) is 110 cm³/mol.